The molecule has 2 aliphatic rings. The average molecular weight is 299 g/mol. The lowest BCUT2D eigenvalue weighted by Gasteiger charge is -2.24. The van der Waals surface area contributed by atoms with Gasteiger partial charge in [-0.3, -0.25) is 4.79 Å². The van der Waals surface area contributed by atoms with Crippen LogP contribution in [0.3, 0.4) is 0 Å². The van der Waals surface area contributed by atoms with Crippen molar-refractivity contribution in [3.63, 3.8) is 0 Å². The number of benzene rings is 1. The second-order valence-corrected chi connectivity index (χ2v) is 6.37. The van der Waals surface area contributed by atoms with Gasteiger partial charge >= 0.3 is 6.09 Å². The van der Waals surface area contributed by atoms with Gasteiger partial charge < -0.3 is 4.74 Å². The van der Waals surface area contributed by atoms with Crippen molar-refractivity contribution in [3.05, 3.63) is 48.0 Å². The summed E-state index contributed by atoms with van der Waals surface area (Å²) in [5.74, 6) is -0.00298. The fraction of sp³-hybridized carbons (Fsp3) is 0.444. The predicted molar refractivity (Wildman–Crippen MR) is 83.2 cm³/mol. The van der Waals surface area contributed by atoms with Crippen LogP contribution in [0.4, 0.5) is 4.79 Å². The first-order chi connectivity index (χ1) is 10.6. The molecule has 3 rings (SSSR count). The van der Waals surface area contributed by atoms with Crippen LogP contribution in [-0.4, -0.2) is 29.5 Å². The van der Waals surface area contributed by atoms with Crippen LogP contribution in [0.15, 0.2) is 42.5 Å². The zero-order valence-corrected chi connectivity index (χ0v) is 12.8. The molecule has 1 saturated carbocycles. The van der Waals surface area contributed by atoms with Crippen molar-refractivity contribution in [2.75, 3.05) is 6.61 Å². The van der Waals surface area contributed by atoms with Crippen molar-refractivity contribution in [2.45, 2.75) is 32.2 Å². The molecule has 0 aromatic heterocycles. The number of carbonyl (C=O) groups is 2. The minimum absolute atomic E-state index is 0.102. The highest BCUT2D eigenvalue weighted by Crippen LogP contribution is 2.37. The van der Waals surface area contributed by atoms with Crippen molar-refractivity contribution < 1.29 is 14.3 Å². The highest BCUT2D eigenvalue weighted by atomic mass is 16.6. The summed E-state index contributed by atoms with van der Waals surface area (Å²) in [7, 11) is 0. The summed E-state index contributed by atoms with van der Waals surface area (Å²) < 4.78 is 5.14. The van der Waals surface area contributed by atoms with Gasteiger partial charge in [-0.2, -0.15) is 0 Å². The molecule has 2 unspecified atom stereocenters. The Morgan fingerprint density at radius 1 is 1.32 bits per heavy atom. The van der Waals surface area contributed by atoms with E-state index in [2.05, 4.69) is 6.58 Å². The van der Waals surface area contributed by atoms with Gasteiger partial charge in [-0.25, -0.2) is 9.69 Å². The minimum Gasteiger partial charge on any atom is -0.447 e. The summed E-state index contributed by atoms with van der Waals surface area (Å²) in [4.78, 5) is 26.2. The lowest BCUT2D eigenvalue weighted by Crippen LogP contribution is -2.44. The maximum absolute atomic E-state index is 12.8. The largest absolute Gasteiger partial charge is 0.447 e. The number of rotatable bonds is 3. The number of cyclic esters (lactones) is 1. The fourth-order valence-electron chi connectivity index (χ4n) is 3.47. The van der Waals surface area contributed by atoms with Crippen molar-refractivity contribution in [2.24, 2.45) is 11.8 Å². The van der Waals surface area contributed by atoms with Gasteiger partial charge in [0.2, 0.25) is 5.91 Å². The standard InChI is InChI=1S/C18H21NO3/c1-12-8-13(2)16(9-12)17(20)19-15(11-22-18(19)21)10-14-6-4-3-5-7-14/h3-7,13,15-16H,1,8-11H2,2H3/t13-,15?,16?/m0/s1. The third kappa shape index (κ3) is 2.78. The molecule has 0 radical (unpaired) electrons. The Morgan fingerprint density at radius 2 is 2.05 bits per heavy atom. The number of amides is 2. The first kappa shape index (κ1) is 14.8. The number of hydrogen-bond donors (Lipinski definition) is 0. The molecule has 0 bridgehead atoms. The molecule has 22 heavy (non-hydrogen) atoms. The van der Waals surface area contributed by atoms with E-state index >= 15 is 0 Å². The Balaban J connectivity index is 1.76. The van der Waals surface area contributed by atoms with E-state index < -0.39 is 6.09 Å². The van der Waals surface area contributed by atoms with Gasteiger partial charge in [0.25, 0.3) is 0 Å². The molecule has 1 aliphatic carbocycles. The molecule has 1 aliphatic heterocycles. The van der Waals surface area contributed by atoms with Gasteiger partial charge in [-0.05, 0) is 30.7 Å². The Bertz CT molecular complexity index is 596. The van der Waals surface area contributed by atoms with Crippen LogP contribution in [-0.2, 0) is 16.0 Å². The van der Waals surface area contributed by atoms with Crippen molar-refractivity contribution in [1.82, 2.24) is 4.90 Å². The van der Waals surface area contributed by atoms with E-state index in [1.54, 1.807) is 0 Å². The molecule has 3 atom stereocenters. The topological polar surface area (TPSA) is 46.6 Å². The number of ether oxygens (including phenoxy) is 1. The normalized spacial score (nSPS) is 28.0. The van der Waals surface area contributed by atoms with E-state index in [0.29, 0.717) is 12.8 Å². The molecular formula is C18H21NO3. The summed E-state index contributed by atoms with van der Waals surface area (Å²) in [6.07, 6.45) is 1.68. The van der Waals surface area contributed by atoms with E-state index in [-0.39, 0.29) is 30.4 Å². The van der Waals surface area contributed by atoms with Crippen LogP contribution in [0.5, 0.6) is 0 Å². The monoisotopic (exact) mass is 299 g/mol. The van der Waals surface area contributed by atoms with Gasteiger partial charge in [0, 0.05) is 5.92 Å². The summed E-state index contributed by atoms with van der Waals surface area (Å²) in [6.45, 7) is 6.31. The highest BCUT2D eigenvalue weighted by molar-refractivity contribution is 5.95. The zero-order valence-electron chi connectivity index (χ0n) is 12.8. The summed E-state index contributed by atoms with van der Waals surface area (Å²) in [6, 6.07) is 9.68. The number of imide groups is 1. The molecule has 1 aromatic carbocycles. The van der Waals surface area contributed by atoms with Crippen LogP contribution < -0.4 is 0 Å². The molecule has 0 spiro atoms. The van der Waals surface area contributed by atoms with Crippen LogP contribution in [0, 0.1) is 11.8 Å². The Labute approximate surface area is 130 Å². The molecule has 2 amide bonds. The molecule has 2 fully saturated rings. The zero-order chi connectivity index (χ0) is 15.7. The second kappa shape index (κ2) is 5.95. The lowest BCUT2D eigenvalue weighted by atomic mass is 9.95. The van der Waals surface area contributed by atoms with Crippen LogP contribution in [0.2, 0.25) is 0 Å². The fourth-order valence-corrected chi connectivity index (χ4v) is 3.47. The SMILES string of the molecule is C=C1CC(C(=O)N2C(=O)OCC2Cc2ccccc2)[C@@H](C)C1. The van der Waals surface area contributed by atoms with Crippen LogP contribution in [0.1, 0.15) is 25.3 Å². The predicted octanol–water partition coefficient (Wildman–Crippen LogP) is 3.18. The van der Waals surface area contributed by atoms with Gasteiger partial charge in [0.05, 0.1) is 6.04 Å². The minimum atomic E-state index is -0.504. The molecule has 0 N–H and O–H groups in total. The maximum Gasteiger partial charge on any atom is 0.416 e. The first-order valence-corrected chi connectivity index (χ1v) is 7.76. The quantitative estimate of drug-likeness (QED) is 0.805. The number of carbonyl (C=O) groups excluding carboxylic acids is 2. The van der Waals surface area contributed by atoms with Crippen LogP contribution in [0.25, 0.3) is 0 Å². The van der Waals surface area contributed by atoms with Gasteiger partial charge in [0.15, 0.2) is 0 Å². The van der Waals surface area contributed by atoms with E-state index in [1.807, 2.05) is 37.3 Å². The summed E-state index contributed by atoms with van der Waals surface area (Å²) >= 11 is 0. The molecule has 4 heteroatoms. The highest BCUT2D eigenvalue weighted by Gasteiger charge is 2.43. The van der Waals surface area contributed by atoms with Gasteiger partial charge in [-0.15, -0.1) is 0 Å². The van der Waals surface area contributed by atoms with E-state index in [0.717, 1.165) is 17.6 Å². The third-order valence-electron chi connectivity index (χ3n) is 4.64. The Morgan fingerprint density at radius 3 is 2.68 bits per heavy atom. The average Bonchev–Trinajstić information content (AvgIpc) is 3.02. The van der Waals surface area contributed by atoms with Crippen LogP contribution >= 0.6 is 0 Å². The van der Waals surface area contributed by atoms with Gasteiger partial charge in [-0.1, -0.05) is 49.4 Å². The summed E-state index contributed by atoms with van der Waals surface area (Å²) in [5.41, 5.74) is 2.20. The lowest BCUT2D eigenvalue weighted by molar-refractivity contribution is -0.134. The van der Waals surface area contributed by atoms with E-state index in [9.17, 15) is 9.59 Å². The Kier molecular flexibility index (Phi) is 4.01. The van der Waals surface area contributed by atoms with Crippen molar-refractivity contribution in [3.8, 4) is 0 Å². The van der Waals surface area contributed by atoms with E-state index in [1.165, 1.54) is 4.90 Å². The molecule has 4 nitrogen and oxygen atoms in total. The molecular weight excluding hydrogens is 278 g/mol. The van der Waals surface area contributed by atoms with E-state index in [4.69, 9.17) is 4.74 Å². The Hall–Kier alpha value is -2.10. The maximum atomic E-state index is 12.8. The number of allylic oxidation sites excluding steroid dienone is 1. The summed E-state index contributed by atoms with van der Waals surface area (Å²) in [5, 5.41) is 0. The van der Waals surface area contributed by atoms with Crippen molar-refractivity contribution >= 4 is 12.0 Å². The number of nitrogens with zero attached hydrogens (tertiary/aromatic N) is 1. The molecule has 1 aromatic rings. The first-order valence-electron chi connectivity index (χ1n) is 7.76. The van der Waals surface area contributed by atoms with Crippen molar-refractivity contribution in [1.29, 1.82) is 0 Å². The smallest absolute Gasteiger partial charge is 0.416 e. The second-order valence-electron chi connectivity index (χ2n) is 6.37. The molecule has 116 valence electrons. The van der Waals surface area contributed by atoms with Gasteiger partial charge in [0.1, 0.15) is 6.61 Å². The molecule has 1 heterocycles. The third-order valence-corrected chi connectivity index (χ3v) is 4.64. The molecule has 1 saturated heterocycles. The number of hydrogen-bond acceptors (Lipinski definition) is 3.